The van der Waals surface area contributed by atoms with Gasteiger partial charge in [0.2, 0.25) is 0 Å². The number of nitrogens with zero attached hydrogens (tertiary/aromatic N) is 3. The molecule has 0 unspecified atom stereocenters. The highest BCUT2D eigenvalue weighted by Crippen LogP contribution is 2.25. The number of hydrogen-bond donors (Lipinski definition) is 1. The topological polar surface area (TPSA) is 63.6 Å². The van der Waals surface area contributed by atoms with Crippen molar-refractivity contribution in [2.24, 2.45) is 10.2 Å². The molecule has 2 rings (SSSR count). The van der Waals surface area contributed by atoms with Gasteiger partial charge in [0.25, 0.3) is 0 Å². The molecule has 2 aromatic rings. The SMILES string of the molecule is Cc1cc(N)nc(C)c1N=Nc1ccccc1. The van der Waals surface area contributed by atoms with E-state index in [1.54, 1.807) is 6.07 Å². The van der Waals surface area contributed by atoms with Crippen molar-refractivity contribution in [1.82, 2.24) is 4.98 Å². The molecule has 0 aliphatic carbocycles. The van der Waals surface area contributed by atoms with Crippen molar-refractivity contribution in [1.29, 1.82) is 0 Å². The molecule has 1 aromatic carbocycles. The predicted octanol–water partition coefficient (Wildman–Crippen LogP) is 3.70. The van der Waals surface area contributed by atoms with Gasteiger partial charge < -0.3 is 5.73 Å². The summed E-state index contributed by atoms with van der Waals surface area (Å²) < 4.78 is 0. The van der Waals surface area contributed by atoms with Crippen LogP contribution in [0.2, 0.25) is 0 Å². The van der Waals surface area contributed by atoms with Gasteiger partial charge in [-0.2, -0.15) is 5.11 Å². The first-order chi connectivity index (χ1) is 8.16. The molecule has 0 amide bonds. The van der Waals surface area contributed by atoms with Crippen molar-refractivity contribution in [3.8, 4) is 0 Å². The molecule has 0 bridgehead atoms. The maximum atomic E-state index is 5.65. The van der Waals surface area contributed by atoms with Gasteiger partial charge in [-0.15, -0.1) is 5.11 Å². The van der Waals surface area contributed by atoms with E-state index in [9.17, 15) is 0 Å². The van der Waals surface area contributed by atoms with Crippen LogP contribution in [-0.4, -0.2) is 4.98 Å². The monoisotopic (exact) mass is 226 g/mol. The zero-order valence-corrected chi connectivity index (χ0v) is 9.88. The number of nitrogen functional groups attached to an aromatic ring is 1. The fourth-order valence-corrected chi connectivity index (χ4v) is 1.61. The summed E-state index contributed by atoms with van der Waals surface area (Å²) in [4.78, 5) is 4.17. The molecule has 1 heterocycles. The maximum absolute atomic E-state index is 5.65. The third-order valence-electron chi connectivity index (χ3n) is 2.40. The van der Waals surface area contributed by atoms with Gasteiger partial charge in [0.1, 0.15) is 11.5 Å². The van der Waals surface area contributed by atoms with Crippen LogP contribution in [0.3, 0.4) is 0 Å². The van der Waals surface area contributed by atoms with Crippen molar-refractivity contribution in [2.45, 2.75) is 13.8 Å². The Bertz CT molecular complexity index is 524. The number of azo groups is 1. The van der Waals surface area contributed by atoms with Crippen LogP contribution in [0.25, 0.3) is 0 Å². The van der Waals surface area contributed by atoms with E-state index in [2.05, 4.69) is 15.2 Å². The van der Waals surface area contributed by atoms with Crippen molar-refractivity contribution in [3.63, 3.8) is 0 Å². The van der Waals surface area contributed by atoms with Gasteiger partial charge in [-0.25, -0.2) is 4.98 Å². The summed E-state index contributed by atoms with van der Waals surface area (Å²) in [6.07, 6.45) is 0. The van der Waals surface area contributed by atoms with Gasteiger partial charge in [0.15, 0.2) is 0 Å². The Labute approximate surface area is 100 Å². The van der Waals surface area contributed by atoms with Gasteiger partial charge in [-0.05, 0) is 37.6 Å². The van der Waals surface area contributed by atoms with Crippen LogP contribution in [0.1, 0.15) is 11.3 Å². The summed E-state index contributed by atoms with van der Waals surface area (Å²) in [5, 5.41) is 8.40. The lowest BCUT2D eigenvalue weighted by atomic mass is 10.2. The Morgan fingerprint density at radius 3 is 2.41 bits per heavy atom. The number of aromatic nitrogens is 1. The molecule has 17 heavy (non-hydrogen) atoms. The minimum absolute atomic E-state index is 0.513. The quantitative estimate of drug-likeness (QED) is 0.793. The summed E-state index contributed by atoms with van der Waals surface area (Å²) in [7, 11) is 0. The molecule has 0 saturated carbocycles. The van der Waals surface area contributed by atoms with E-state index in [0.717, 1.165) is 22.6 Å². The first kappa shape index (κ1) is 11.3. The van der Waals surface area contributed by atoms with Crippen LogP contribution in [0, 0.1) is 13.8 Å². The highest BCUT2D eigenvalue weighted by atomic mass is 15.1. The van der Waals surface area contributed by atoms with Gasteiger partial charge in [0, 0.05) is 0 Å². The van der Waals surface area contributed by atoms with Crippen LogP contribution in [0.5, 0.6) is 0 Å². The Morgan fingerprint density at radius 2 is 1.76 bits per heavy atom. The molecule has 0 fully saturated rings. The van der Waals surface area contributed by atoms with Crippen molar-refractivity contribution in [3.05, 3.63) is 47.7 Å². The number of hydrogen-bond acceptors (Lipinski definition) is 4. The van der Waals surface area contributed by atoms with Crippen molar-refractivity contribution < 1.29 is 0 Å². The molecule has 0 aliphatic rings. The normalized spacial score (nSPS) is 10.9. The third kappa shape index (κ3) is 2.66. The Hall–Kier alpha value is -2.23. The lowest BCUT2D eigenvalue weighted by molar-refractivity contribution is 1.12. The fourth-order valence-electron chi connectivity index (χ4n) is 1.61. The Kier molecular flexibility index (Phi) is 3.14. The Morgan fingerprint density at radius 1 is 1.06 bits per heavy atom. The average molecular weight is 226 g/mol. The molecule has 1 aromatic heterocycles. The van der Waals surface area contributed by atoms with Crippen molar-refractivity contribution in [2.75, 3.05) is 5.73 Å². The van der Waals surface area contributed by atoms with E-state index in [1.165, 1.54) is 0 Å². The molecule has 4 nitrogen and oxygen atoms in total. The van der Waals surface area contributed by atoms with Crippen LogP contribution in [0.4, 0.5) is 17.2 Å². The smallest absolute Gasteiger partial charge is 0.124 e. The van der Waals surface area contributed by atoms with Crippen LogP contribution in [0.15, 0.2) is 46.6 Å². The summed E-state index contributed by atoms with van der Waals surface area (Å²) in [6, 6.07) is 11.4. The second-order valence-corrected chi connectivity index (χ2v) is 3.83. The molecule has 0 aliphatic heterocycles. The predicted molar refractivity (Wildman–Crippen MR) is 68.7 cm³/mol. The molecule has 4 heteroatoms. The van der Waals surface area contributed by atoms with E-state index in [4.69, 9.17) is 5.73 Å². The van der Waals surface area contributed by atoms with Gasteiger partial charge in [0.05, 0.1) is 11.4 Å². The van der Waals surface area contributed by atoms with Crippen LogP contribution >= 0.6 is 0 Å². The highest BCUT2D eigenvalue weighted by molar-refractivity contribution is 5.53. The van der Waals surface area contributed by atoms with Crippen LogP contribution in [-0.2, 0) is 0 Å². The van der Waals surface area contributed by atoms with Crippen molar-refractivity contribution >= 4 is 17.2 Å². The minimum atomic E-state index is 0.513. The number of pyridine rings is 1. The zero-order chi connectivity index (χ0) is 12.3. The second kappa shape index (κ2) is 4.74. The summed E-state index contributed by atoms with van der Waals surface area (Å²) in [5.41, 5.74) is 9.03. The highest BCUT2D eigenvalue weighted by Gasteiger charge is 2.04. The molecule has 0 radical (unpaired) electrons. The van der Waals surface area contributed by atoms with E-state index in [1.807, 2.05) is 44.2 Å². The molecular weight excluding hydrogens is 212 g/mol. The van der Waals surface area contributed by atoms with E-state index in [-0.39, 0.29) is 0 Å². The minimum Gasteiger partial charge on any atom is -0.384 e. The summed E-state index contributed by atoms with van der Waals surface area (Å²) >= 11 is 0. The average Bonchev–Trinajstić information content (AvgIpc) is 2.29. The molecule has 0 atom stereocenters. The van der Waals surface area contributed by atoms with E-state index < -0.39 is 0 Å². The number of nitrogens with two attached hydrogens (primary N) is 1. The number of aryl methyl sites for hydroxylation is 2. The molecule has 0 saturated heterocycles. The standard InChI is InChI=1S/C13H14N4/c1-9-8-12(14)15-10(2)13(9)17-16-11-6-4-3-5-7-11/h3-8H,1-2H3,(H2,14,15). The second-order valence-electron chi connectivity index (χ2n) is 3.83. The van der Waals surface area contributed by atoms with Crippen LogP contribution < -0.4 is 5.73 Å². The van der Waals surface area contributed by atoms with E-state index >= 15 is 0 Å². The number of rotatable bonds is 2. The maximum Gasteiger partial charge on any atom is 0.124 e. The molecular formula is C13H14N4. The zero-order valence-electron chi connectivity index (χ0n) is 9.88. The van der Waals surface area contributed by atoms with Gasteiger partial charge in [-0.3, -0.25) is 0 Å². The van der Waals surface area contributed by atoms with E-state index in [0.29, 0.717) is 5.82 Å². The summed E-state index contributed by atoms with van der Waals surface area (Å²) in [5.74, 6) is 0.513. The molecule has 86 valence electrons. The molecule has 0 spiro atoms. The van der Waals surface area contributed by atoms with Gasteiger partial charge in [-0.1, -0.05) is 18.2 Å². The third-order valence-corrected chi connectivity index (χ3v) is 2.40. The number of anilines is 1. The largest absolute Gasteiger partial charge is 0.384 e. The first-order valence-electron chi connectivity index (χ1n) is 5.37. The lowest BCUT2D eigenvalue weighted by Gasteiger charge is -2.03. The fraction of sp³-hybridized carbons (Fsp3) is 0.154. The summed E-state index contributed by atoms with van der Waals surface area (Å²) in [6.45, 7) is 3.83. The number of benzene rings is 1. The Balaban J connectivity index is 2.34. The molecule has 2 N–H and O–H groups in total. The van der Waals surface area contributed by atoms with Gasteiger partial charge >= 0.3 is 0 Å². The first-order valence-corrected chi connectivity index (χ1v) is 5.37. The lowest BCUT2D eigenvalue weighted by Crippen LogP contribution is -1.93.